The van der Waals surface area contributed by atoms with E-state index in [1.54, 1.807) is 6.07 Å². The van der Waals surface area contributed by atoms with Crippen molar-refractivity contribution in [3.8, 4) is 22.5 Å². The normalized spacial score (nSPS) is 11.0. The number of hydrogen-bond acceptors (Lipinski definition) is 3. The van der Waals surface area contributed by atoms with Crippen LogP contribution in [-0.2, 0) is 0 Å². The van der Waals surface area contributed by atoms with Gasteiger partial charge in [0.05, 0.1) is 22.3 Å². The molecule has 4 aromatic rings. The van der Waals surface area contributed by atoms with Gasteiger partial charge in [0.1, 0.15) is 11.6 Å². The van der Waals surface area contributed by atoms with Crippen molar-refractivity contribution in [2.24, 2.45) is 0 Å². The van der Waals surface area contributed by atoms with Gasteiger partial charge >= 0.3 is 5.97 Å². The molecule has 7 heteroatoms. The van der Waals surface area contributed by atoms with Crippen LogP contribution in [0.4, 0.5) is 8.78 Å². The predicted octanol–water partition coefficient (Wildman–Crippen LogP) is 4.27. The number of nitrogens with one attached hydrogen (secondary N) is 1. The smallest absolute Gasteiger partial charge is 0.336 e. The van der Waals surface area contributed by atoms with Gasteiger partial charge < -0.3 is 5.11 Å². The number of benzene rings is 2. The molecule has 0 atom stereocenters. The van der Waals surface area contributed by atoms with Crippen LogP contribution in [0, 0.1) is 11.6 Å². The lowest BCUT2D eigenvalue weighted by Gasteiger charge is -2.06. The third-order valence-corrected chi connectivity index (χ3v) is 4.04. The highest BCUT2D eigenvalue weighted by atomic mass is 19.1. The van der Waals surface area contributed by atoms with Crippen LogP contribution < -0.4 is 0 Å². The molecule has 2 aromatic heterocycles. The number of aromatic amines is 1. The topological polar surface area (TPSA) is 78.9 Å². The molecule has 0 bridgehead atoms. The number of aromatic nitrogens is 3. The average molecular weight is 351 g/mol. The van der Waals surface area contributed by atoms with Crippen LogP contribution in [0.25, 0.3) is 33.5 Å². The van der Waals surface area contributed by atoms with Crippen LogP contribution >= 0.6 is 0 Å². The van der Waals surface area contributed by atoms with Gasteiger partial charge in [-0.15, -0.1) is 0 Å². The van der Waals surface area contributed by atoms with Crippen molar-refractivity contribution in [2.45, 2.75) is 0 Å². The second kappa shape index (κ2) is 6.03. The van der Waals surface area contributed by atoms with E-state index in [4.69, 9.17) is 0 Å². The van der Waals surface area contributed by atoms with Crippen molar-refractivity contribution in [1.29, 1.82) is 0 Å². The number of fused-ring (bicyclic) bond motifs is 1. The maximum atomic E-state index is 14.1. The van der Waals surface area contributed by atoms with Gasteiger partial charge in [-0.3, -0.25) is 5.10 Å². The molecule has 2 aromatic carbocycles. The molecule has 0 amide bonds. The summed E-state index contributed by atoms with van der Waals surface area (Å²) >= 11 is 0. The van der Waals surface area contributed by atoms with E-state index in [2.05, 4.69) is 15.2 Å². The molecule has 0 radical (unpaired) electrons. The molecule has 0 aliphatic rings. The average Bonchev–Trinajstić information content (AvgIpc) is 3.06. The van der Waals surface area contributed by atoms with Gasteiger partial charge in [-0.05, 0) is 42.5 Å². The van der Waals surface area contributed by atoms with Crippen molar-refractivity contribution < 1.29 is 18.7 Å². The fraction of sp³-hybridized carbons (Fsp3) is 0. The molecule has 0 aliphatic heterocycles. The van der Waals surface area contributed by atoms with E-state index >= 15 is 0 Å². The summed E-state index contributed by atoms with van der Waals surface area (Å²) in [5.41, 5.74) is 1.40. The van der Waals surface area contributed by atoms with Gasteiger partial charge in [-0.25, -0.2) is 18.6 Å². The molecule has 0 unspecified atom stereocenters. The minimum Gasteiger partial charge on any atom is -0.478 e. The number of aromatic carboxylic acids is 1. The summed E-state index contributed by atoms with van der Waals surface area (Å²) in [5.74, 6) is -2.11. The second-order valence-electron chi connectivity index (χ2n) is 5.64. The van der Waals surface area contributed by atoms with Gasteiger partial charge in [-0.2, -0.15) is 5.10 Å². The Balaban J connectivity index is 1.98. The van der Waals surface area contributed by atoms with Crippen molar-refractivity contribution in [1.82, 2.24) is 15.2 Å². The van der Waals surface area contributed by atoms with Crippen LogP contribution in [0.1, 0.15) is 10.4 Å². The maximum Gasteiger partial charge on any atom is 0.336 e. The molecular formula is C19H11F2N3O2. The van der Waals surface area contributed by atoms with Crippen LogP contribution in [-0.4, -0.2) is 26.3 Å². The van der Waals surface area contributed by atoms with E-state index in [1.165, 1.54) is 48.5 Å². The minimum atomic E-state index is -1.19. The Labute approximate surface area is 145 Å². The highest BCUT2D eigenvalue weighted by molar-refractivity contribution is 6.08. The first-order valence-electron chi connectivity index (χ1n) is 7.68. The Morgan fingerprint density at radius 2 is 1.77 bits per heavy atom. The number of nitrogens with zero attached hydrogens (tertiary/aromatic N) is 2. The van der Waals surface area contributed by atoms with E-state index < -0.39 is 17.6 Å². The lowest BCUT2D eigenvalue weighted by Crippen LogP contribution is -2.01. The first kappa shape index (κ1) is 15.9. The zero-order valence-electron chi connectivity index (χ0n) is 13.2. The van der Waals surface area contributed by atoms with E-state index in [0.717, 1.165) is 0 Å². The van der Waals surface area contributed by atoms with Crippen molar-refractivity contribution in [3.05, 3.63) is 71.8 Å². The molecule has 128 valence electrons. The largest absolute Gasteiger partial charge is 0.478 e. The number of hydrogen-bond donors (Lipinski definition) is 2. The molecule has 4 rings (SSSR count). The Hall–Kier alpha value is -3.61. The molecule has 5 nitrogen and oxygen atoms in total. The first-order valence-corrected chi connectivity index (χ1v) is 7.68. The molecule has 26 heavy (non-hydrogen) atoms. The van der Waals surface area contributed by atoms with Gasteiger partial charge in [0.25, 0.3) is 0 Å². The second-order valence-corrected chi connectivity index (χ2v) is 5.64. The van der Waals surface area contributed by atoms with E-state index in [0.29, 0.717) is 11.3 Å². The Morgan fingerprint density at radius 1 is 1.04 bits per heavy atom. The summed E-state index contributed by atoms with van der Waals surface area (Å²) in [7, 11) is 0. The Bertz CT molecular complexity index is 1140. The van der Waals surface area contributed by atoms with Crippen LogP contribution in [0.2, 0.25) is 0 Å². The summed E-state index contributed by atoms with van der Waals surface area (Å²) in [4.78, 5) is 16.1. The Kier molecular flexibility index (Phi) is 3.69. The molecular weight excluding hydrogens is 340 g/mol. The van der Waals surface area contributed by atoms with Crippen LogP contribution in [0.3, 0.4) is 0 Å². The minimum absolute atomic E-state index is 0.0682. The molecule has 0 saturated heterocycles. The summed E-state index contributed by atoms with van der Waals surface area (Å²) in [6, 6.07) is 12.8. The van der Waals surface area contributed by atoms with Crippen LogP contribution in [0.15, 0.2) is 54.6 Å². The first-order chi connectivity index (χ1) is 12.5. The van der Waals surface area contributed by atoms with Gasteiger partial charge in [-0.1, -0.05) is 12.1 Å². The third-order valence-electron chi connectivity index (χ3n) is 4.04. The number of halogens is 2. The summed E-state index contributed by atoms with van der Waals surface area (Å²) in [5, 5.41) is 16.7. The van der Waals surface area contributed by atoms with Crippen molar-refractivity contribution in [3.63, 3.8) is 0 Å². The summed E-state index contributed by atoms with van der Waals surface area (Å²) < 4.78 is 27.2. The number of pyridine rings is 1. The monoisotopic (exact) mass is 351 g/mol. The maximum absolute atomic E-state index is 14.1. The number of carboxylic acids is 1. The summed E-state index contributed by atoms with van der Waals surface area (Å²) in [6.45, 7) is 0. The Morgan fingerprint density at radius 3 is 2.46 bits per heavy atom. The van der Waals surface area contributed by atoms with Crippen molar-refractivity contribution >= 4 is 17.0 Å². The quantitative estimate of drug-likeness (QED) is 0.578. The lowest BCUT2D eigenvalue weighted by molar-refractivity contribution is 0.0699. The van der Waals surface area contributed by atoms with Crippen LogP contribution in [0.5, 0.6) is 0 Å². The van der Waals surface area contributed by atoms with E-state index in [-0.39, 0.29) is 27.9 Å². The predicted molar refractivity (Wildman–Crippen MR) is 91.6 cm³/mol. The van der Waals surface area contributed by atoms with Gasteiger partial charge in [0.15, 0.2) is 5.65 Å². The molecule has 0 spiro atoms. The zero-order chi connectivity index (χ0) is 18.3. The molecule has 0 aliphatic carbocycles. The standard InChI is InChI=1S/C19H11F2N3O2/c20-11-7-5-10(6-8-11)17-16-13(19(25)26)9-15(22-18(16)24-23-17)12-3-1-2-4-14(12)21/h1-9H,(H,25,26)(H,22,23,24). The lowest BCUT2D eigenvalue weighted by atomic mass is 10.0. The number of rotatable bonds is 3. The SMILES string of the molecule is O=C(O)c1cc(-c2ccccc2F)nc2n[nH]c(-c3ccc(F)cc3)c12. The van der Waals surface area contributed by atoms with Gasteiger partial charge in [0.2, 0.25) is 0 Å². The fourth-order valence-corrected chi connectivity index (χ4v) is 2.82. The highest BCUT2D eigenvalue weighted by Gasteiger charge is 2.20. The molecule has 2 heterocycles. The third kappa shape index (κ3) is 2.59. The van der Waals surface area contributed by atoms with Gasteiger partial charge in [0, 0.05) is 11.1 Å². The van der Waals surface area contributed by atoms with E-state index in [9.17, 15) is 18.7 Å². The fourth-order valence-electron chi connectivity index (χ4n) is 2.82. The number of carboxylic acid groups (broad SMARTS) is 1. The molecule has 0 fully saturated rings. The van der Waals surface area contributed by atoms with E-state index in [1.807, 2.05) is 0 Å². The zero-order valence-corrected chi connectivity index (χ0v) is 13.2. The highest BCUT2D eigenvalue weighted by Crippen LogP contribution is 2.32. The molecule has 0 saturated carbocycles. The number of H-pyrrole nitrogens is 1. The summed E-state index contributed by atoms with van der Waals surface area (Å²) in [6.07, 6.45) is 0. The number of carbonyl (C=O) groups is 1. The molecule has 2 N–H and O–H groups in total. The van der Waals surface area contributed by atoms with Crippen molar-refractivity contribution in [2.75, 3.05) is 0 Å².